The molecule has 1 aliphatic rings. The topological polar surface area (TPSA) is 91.3 Å². The molecule has 0 spiro atoms. The van der Waals surface area contributed by atoms with Crippen molar-refractivity contribution in [2.24, 2.45) is 5.92 Å². The van der Waals surface area contributed by atoms with Gasteiger partial charge < -0.3 is 24.8 Å². The Labute approximate surface area is 282 Å². The smallest absolute Gasteiger partial charge is 0.258 e. The molecule has 0 aromatic heterocycles. The number of rotatable bonds is 8. The van der Waals surface area contributed by atoms with Gasteiger partial charge in [0.05, 0.1) is 40.5 Å². The number of likely N-dealkylation sites (N-methyl/N-ethyl adjacent to an activating group) is 1. The van der Waals surface area contributed by atoms with E-state index in [-0.39, 0.29) is 36.5 Å². The van der Waals surface area contributed by atoms with E-state index in [1.165, 1.54) is 0 Å². The molecule has 0 bridgehead atoms. The van der Waals surface area contributed by atoms with Crippen LogP contribution < -0.4 is 10.1 Å². The number of nitrogens with one attached hydrogen (secondary N) is 1. The molecule has 0 unspecified atom stereocenters. The molecule has 3 aromatic carbocycles. The molecule has 0 fully saturated rings. The Morgan fingerprint density at radius 1 is 1.07 bits per heavy atom. The van der Waals surface area contributed by atoms with Gasteiger partial charge in [-0.2, -0.15) is 0 Å². The molecule has 1 aliphatic heterocycles. The van der Waals surface area contributed by atoms with Crippen LogP contribution in [0.2, 0.25) is 10.0 Å². The summed E-state index contributed by atoms with van der Waals surface area (Å²) in [5.74, 6) is -0.181. The number of carbonyl (C=O) groups is 2. The van der Waals surface area contributed by atoms with Gasteiger partial charge in [-0.15, -0.1) is 0 Å². The number of nitrogens with zero attached hydrogens (tertiary/aromatic N) is 2. The van der Waals surface area contributed by atoms with Gasteiger partial charge in [-0.05, 0) is 88.2 Å². The molecule has 3 aromatic rings. The third-order valence-electron chi connectivity index (χ3n) is 8.27. The van der Waals surface area contributed by atoms with Crippen LogP contribution in [0.25, 0.3) is 0 Å². The molecule has 2 amide bonds. The largest absolute Gasteiger partial charge is 0.490 e. The van der Waals surface area contributed by atoms with Crippen molar-refractivity contribution < 1.29 is 24.2 Å². The lowest BCUT2D eigenvalue weighted by atomic mass is 10.0. The minimum absolute atomic E-state index is 0.0681. The molecule has 248 valence electrons. The van der Waals surface area contributed by atoms with Crippen molar-refractivity contribution in [3.8, 4) is 5.75 Å². The number of fused-ring (bicyclic) bond motifs is 1. The second-order valence-corrected chi connectivity index (χ2v) is 13.1. The van der Waals surface area contributed by atoms with Crippen LogP contribution in [0, 0.1) is 5.92 Å². The SMILES string of the molecule is C[C@@H]1CCCCO[C@H](CN(C)Cc2ccc(Cl)c(Cl)c2)[C@H](C)CN([C@@H](C)CO)C(=O)c2cc(NC(=O)c3ccccc3)ccc2O1. The number of benzene rings is 3. The highest BCUT2D eigenvalue weighted by atomic mass is 35.5. The van der Waals surface area contributed by atoms with Crippen LogP contribution in [0.5, 0.6) is 5.75 Å². The second kappa shape index (κ2) is 17.1. The highest BCUT2D eigenvalue weighted by molar-refractivity contribution is 6.42. The van der Waals surface area contributed by atoms with E-state index in [2.05, 4.69) is 17.1 Å². The van der Waals surface area contributed by atoms with Gasteiger partial charge in [0.2, 0.25) is 0 Å². The number of hydrogen-bond acceptors (Lipinski definition) is 6. The summed E-state index contributed by atoms with van der Waals surface area (Å²) in [6, 6.07) is 19.2. The van der Waals surface area contributed by atoms with Gasteiger partial charge in [0.25, 0.3) is 11.8 Å². The number of anilines is 1. The molecule has 0 radical (unpaired) electrons. The molecule has 1 heterocycles. The maximum Gasteiger partial charge on any atom is 0.258 e. The zero-order chi connectivity index (χ0) is 33.2. The minimum Gasteiger partial charge on any atom is -0.490 e. The average Bonchev–Trinajstić information content (AvgIpc) is 3.04. The normalized spacial score (nSPS) is 20.4. The predicted molar refractivity (Wildman–Crippen MR) is 184 cm³/mol. The number of carbonyl (C=O) groups excluding carboxylic acids is 2. The van der Waals surface area contributed by atoms with Crippen molar-refractivity contribution >= 4 is 40.7 Å². The summed E-state index contributed by atoms with van der Waals surface area (Å²) < 4.78 is 12.8. The van der Waals surface area contributed by atoms with Gasteiger partial charge in [0.1, 0.15) is 5.75 Å². The maximum atomic E-state index is 14.3. The van der Waals surface area contributed by atoms with E-state index in [0.29, 0.717) is 58.9 Å². The number of aliphatic hydroxyl groups excluding tert-OH is 1. The van der Waals surface area contributed by atoms with Crippen molar-refractivity contribution in [3.63, 3.8) is 0 Å². The zero-order valence-electron chi connectivity index (χ0n) is 27.0. The Hall–Kier alpha value is -3.14. The van der Waals surface area contributed by atoms with Crippen LogP contribution in [-0.4, -0.2) is 78.3 Å². The summed E-state index contributed by atoms with van der Waals surface area (Å²) in [7, 11) is 2.03. The van der Waals surface area contributed by atoms with Crippen LogP contribution in [0.15, 0.2) is 66.7 Å². The van der Waals surface area contributed by atoms with Crippen molar-refractivity contribution in [2.75, 3.05) is 38.7 Å². The van der Waals surface area contributed by atoms with E-state index in [4.69, 9.17) is 32.7 Å². The monoisotopic (exact) mass is 669 g/mol. The first-order valence-electron chi connectivity index (χ1n) is 15.9. The molecular formula is C36H45Cl2N3O5. The third-order valence-corrected chi connectivity index (χ3v) is 9.01. The Balaban J connectivity index is 1.60. The lowest BCUT2D eigenvalue weighted by Gasteiger charge is -2.36. The van der Waals surface area contributed by atoms with E-state index in [1.54, 1.807) is 53.4 Å². The van der Waals surface area contributed by atoms with Crippen molar-refractivity contribution in [1.29, 1.82) is 0 Å². The Morgan fingerprint density at radius 3 is 2.54 bits per heavy atom. The highest BCUT2D eigenvalue weighted by Crippen LogP contribution is 2.29. The molecule has 2 N–H and O–H groups in total. The zero-order valence-corrected chi connectivity index (χ0v) is 28.6. The predicted octanol–water partition coefficient (Wildman–Crippen LogP) is 7.17. The van der Waals surface area contributed by atoms with E-state index in [1.807, 2.05) is 39.1 Å². The number of halogens is 2. The summed E-state index contributed by atoms with van der Waals surface area (Å²) in [6.45, 7) is 7.89. The number of aliphatic hydroxyl groups is 1. The fourth-order valence-electron chi connectivity index (χ4n) is 5.58. The molecule has 0 saturated heterocycles. The highest BCUT2D eigenvalue weighted by Gasteiger charge is 2.30. The van der Waals surface area contributed by atoms with Crippen LogP contribution >= 0.6 is 23.2 Å². The Bertz CT molecular complexity index is 1460. The van der Waals surface area contributed by atoms with Gasteiger partial charge in [0, 0.05) is 43.4 Å². The summed E-state index contributed by atoms with van der Waals surface area (Å²) >= 11 is 12.4. The maximum absolute atomic E-state index is 14.3. The van der Waals surface area contributed by atoms with Gasteiger partial charge in [-0.1, -0.05) is 54.4 Å². The van der Waals surface area contributed by atoms with E-state index in [0.717, 1.165) is 24.8 Å². The van der Waals surface area contributed by atoms with Crippen LogP contribution in [-0.2, 0) is 11.3 Å². The van der Waals surface area contributed by atoms with Crippen molar-refractivity contribution in [2.45, 2.75) is 64.8 Å². The summed E-state index contributed by atoms with van der Waals surface area (Å²) in [5.41, 5.74) is 2.36. The van der Waals surface area contributed by atoms with E-state index >= 15 is 0 Å². The molecule has 10 heteroatoms. The van der Waals surface area contributed by atoms with Gasteiger partial charge in [0.15, 0.2) is 0 Å². The molecular weight excluding hydrogens is 625 g/mol. The lowest BCUT2D eigenvalue weighted by Crippen LogP contribution is -2.47. The first-order chi connectivity index (χ1) is 22.0. The van der Waals surface area contributed by atoms with Crippen molar-refractivity contribution in [1.82, 2.24) is 9.80 Å². The van der Waals surface area contributed by atoms with Gasteiger partial charge in [-0.3, -0.25) is 14.5 Å². The molecule has 0 aliphatic carbocycles. The Morgan fingerprint density at radius 2 is 1.83 bits per heavy atom. The van der Waals surface area contributed by atoms with Crippen LogP contribution in [0.3, 0.4) is 0 Å². The van der Waals surface area contributed by atoms with E-state index in [9.17, 15) is 14.7 Å². The third kappa shape index (κ3) is 9.93. The Kier molecular flexibility index (Phi) is 13.3. The minimum atomic E-state index is -0.467. The standard InChI is InChI=1S/C36H45Cl2N3O5/c1-24-20-41(25(2)23-42)36(44)30-19-29(39-35(43)28-11-6-5-7-12-28)14-16-33(30)46-26(3)10-8-9-17-45-34(24)22-40(4)21-27-13-15-31(37)32(38)18-27/h5-7,11-16,18-19,24-26,34,42H,8-10,17,20-23H2,1-4H3,(H,39,43)/t24-,25+,26-,34-/m1/s1. The lowest BCUT2D eigenvalue weighted by molar-refractivity contribution is -0.0177. The number of amides is 2. The fourth-order valence-corrected chi connectivity index (χ4v) is 5.90. The average molecular weight is 671 g/mol. The second-order valence-electron chi connectivity index (χ2n) is 12.3. The summed E-state index contributed by atoms with van der Waals surface area (Å²) in [5, 5.41) is 14.2. The first-order valence-corrected chi connectivity index (χ1v) is 16.6. The van der Waals surface area contributed by atoms with Gasteiger partial charge >= 0.3 is 0 Å². The van der Waals surface area contributed by atoms with Crippen molar-refractivity contribution in [3.05, 3.63) is 93.5 Å². The number of hydrogen-bond donors (Lipinski definition) is 2. The molecule has 4 atom stereocenters. The molecule has 8 nitrogen and oxygen atoms in total. The van der Waals surface area contributed by atoms with E-state index < -0.39 is 6.04 Å². The summed E-state index contributed by atoms with van der Waals surface area (Å²) in [6.07, 6.45) is 2.25. The summed E-state index contributed by atoms with van der Waals surface area (Å²) in [4.78, 5) is 31.1. The van der Waals surface area contributed by atoms with Gasteiger partial charge in [-0.25, -0.2) is 0 Å². The molecule has 4 rings (SSSR count). The molecule has 46 heavy (non-hydrogen) atoms. The van der Waals surface area contributed by atoms with Crippen LogP contribution in [0.4, 0.5) is 5.69 Å². The fraction of sp³-hybridized carbons (Fsp3) is 0.444. The molecule has 0 saturated carbocycles. The first kappa shape index (κ1) is 35.7. The number of ether oxygens (including phenoxy) is 2. The quantitative estimate of drug-likeness (QED) is 0.264. The van der Waals surface area contributed by atoms with Crippen LogP contribution in [0.1, 0.15) is 66.3 Å².